The number of carbonyl (C=O) groups excluding carboxylic acids is 1. The summed E-state index contributed by atoms with van der Waals surface area (Å²) in [5.41, 5.74) is 3.63. The van der Waals surface area contributed by atoms with Gasteiger partial charge in [-0.25, -0.2) is 0 Å². The Bertz CT molecular complexity index is 799. The highest BCUT2D eigenvalue weighted by molar-refractivity contribution is 6.42. The number of rotatable bonds is 6. The van der Waals surface area contributed by atoms with E-state index >= 15 is 0 Å². The van der Waals surface area contributed by atoms with Crippen molar-refractivity contribution in [3.05, 3.63) is 69.2 Å². The molecule has 1 N–H and O–H groups in total. The second-order valence-corrected chi connectivity index (χ2v) is 8.44. The predicted octanol–water partition coefficient (Wildman–Crippen LogP) is 5.65. The first-order valence-corrected chi connectivity index (χ1v) is 10.8. The molecule has 1 heterocycles. The Morgan fingerprint density at radius 3 is 2.32 bits per heavy atom. The van der Waals surface area contributed by atoms with Crippen molar-refractivity contribution in [3.8, 4) is 0 Å². The Morgan fingerprint density at radius 1 is 1.07 bits per heavy atom. The zero-order valence-corrected chi connectivity index (χ0v) is 18.1. The normalized spacial score (nSPS) is 16.7. The first kappa shape index (κ1) is 21.2. The maximum Gasteiger partial charge on any atom is 0.223 e. The third kappa shape index (κ3) is 5.50. The van der Waals surface area contributed by atoms with Gasteiger partial charge in [0, 0.05) is 12.5 Å². The smallest absolute Gasteiger partial charge is 0.223 e. The maximum absolute atomic E-state index is 12.7. The van der Waals surface area contributed by atoms with Crippen LogP contribution in [-0.2, 0) is 17.8 Å². The molecule has 28 heavy (non-hydrogen) atoms. The van der Waals surface area contributed by atoms with E-state index in [1.807, 2.05) is 18.2 Å². The molecule has 2 aromatic carbocycles. The van der Waals surface area contributed by atoms with Gasteiger partial charge in [-0.3, -0.25) is 9.69 Å². The Hall–Kier alpha value is -1.55. The second kappa shape index (κ2) is 9.78. The summed E-state index contributed by atoms with van der Waals surface area (Å²) in [5, 5.41) is 4.37. The van der Waals surface area contributed by atoms with Gasteiger partial charge in [-0.1, -0.05) is 60.5 Å². The number of hydrogen-bond donors (Lipinski definition) is 1. The van der Waals surface area contributed by atoms with Gasteiger partial charge in [-0.15, -0.1) is 0 Å². The lowest BCUT2D eigenvalue weighted by Gasteiger charge is -2.32. The average molecular weight is 419 g/mol. The van der Waals surface area contributed by atoms with Crippen LogP contribution in [0.25, 0.3) is 0 Å². The molecule has 0 aromatic heterocycles. The molecule has 5 heteroatoms. The van der Waals surface area contributed by atoms with Crippen LogP contribution in [0.3, 0.4) is 0 Å². The highest BCUT2D eigenvalue weighted by atomic mass is 35.5. The molecule has 1 aliphatic heterocycles. The number of halogens is 2. The van der Waals surface area contributed by atoms with E-state index in [4.69, 9.17) is 23.2 Å². The molecule has 1 unspecified atom stereocenters. The number of piperidine rings is 1. The number of amides is 1. The van der Waals surface area contributed by atoms with Crippen molar-refractivity contribution in [3.63, 3.8) is 0 Å². The van der Waals surface area contributed by atoms with Gasteiger partial charge < -0.3 is 5.32 Å². The fraction of sp³-hybridized carbons (Fsp3) is 0.435. The molecular formula is C23H28Cl2N2O. The van der Waals surface area contributed by atoms with Crippen LogP contribution < -0.4 is 5.32 Å². The summed E-state index contributed by atoms with van der Waals surface area (Å²) < 4.78 is 0. The highest BCUT2D eigenvalue weighted by Crippen LogP contribution is 2.25. The van der Waals surface area contributed by atoms with Crippen LogP contribution in [0.2, 0.25) is 10.0 Å². The van der Waals surface area contributed by atoms with E-state index in [0.717, 1.165) is 50.0 Å². The van der Waals surface area contributed by atoms with E-state index in [-0.39, 0.29) is 17.9 Å². The van der Waals surface area contributed by atoms with E-state index in [0.29, 0.717) is 10.0 Å². The molecule has 1 atom stereocenters. The number of carbonyl (C=O) groups is 1. The minimum absolute atomic E-state index is 0.0349. The van der Waals surface area contributed by atoms with E-state index in [1.165, 1.54) is 5.56 Å². The lowest BCUT2D eigenvalue weighted by molar-refractivity contribution is -0.127. The topological polar surface area (TPSA) is 32.3 Å². The molecule has 1 amide bonds. The van der Waals surface area contributed by atoms with Crippen LogP contribution in [-0.4, -0.2) is 23.9 Å². The SMILES string of the molecule is CCc1ccc(C(C)NC(=O)C2CCN(Cc3ccc(Cl)c(Cl)c3)CC2)cc1. The molecule has 0 spiro atoms. The maximum atomic E-state index is 12.7. The number of likely N-dealkylation sites (tertiary alicyclic amines) is 1. The molecule has 0 bridgehead atoms. The largest absolute Gasteiger partial charge is 0.349 e. The fourth-order valence-corrected chi connectivity index (χ4v) is 4.03. The van der Waals surface area contributed by atoms with E-state index in [9.17, 15) is 4.79 Å². The number of aryl methyl sites for hydroxylation is 1. The summed E-state index contributed by atoms with van der Waals surface area (Å²) >= 11 is 12.1. The number of nitrogens with zero attached hydrogens (tertiary/aromatic N) is 1. The van der Waals surface area contributed by atoms with Gasteiger partial charge in [0.15, 0.2) is 0 Å². The van der Waals surface area contributed by atoms with Gasteiger partial charge in [-0.05, 0) is 68.1 Å². The van der Waals surface area contributed by atoms with E-state index in [1.54, 1.807) is 0 Å². The summed E-state index contributed by atoms with van der Waals surface area (Å²) in [4.78, 5) is 15.1. The van der Waals surface area contributed by atoms with Crippen molar-refractivity contribution < 1.29 is 4.79 Å². The van der Waals surface area contributed by atoms with Gasteiger partial charge >= 0.3 is 0 Å². The van der Waals surface area contributed by atoms with Crippen LogP contribution in [0.4, 0.5) is 0 Å². The number of nitrogens with one attached hydrogen (secondary N) is 1. The molecule has 0 saturated carbocycles. The minimum atomic E-state index is 0.0349. The third-order valence-electron chi connectivity index (χ3n) is 5.60. The summed E-state index contributed by atoms with van der Waals surface area (Å²) in [6.07, 6.45) is 2.80. The van der Waals surface area contributed by atoms with E-state index < -0.39 is 0 Å². The Kier molecular flexibility index (Phi) is 7.39. The quantitative estimate of drug-likeness (QED) is 0.657. The lowest BCUT2D eigenvalue weighted by Crippen LogP contribution is -2.40. The highest BCUT2D eigenvalue weighted by Gasteiger charge is 2.26. The summed E-state index contributed by atoms with van der Waals surface area (Å²) in [6.45, 7) is 6.87. The molecule has 3 nitrogen and oxygen atoms in total. The lowest BCUT2D eigenvalue weighted by atomic mass is 9.94. The number of hydrogen-bond acceptors (Lipinski definition) is 2. The second-order valence-electron chi connectivity index (χ2n) is 7.62. The average Bonchev–Trinajstić information content (AvgIpc) is 2.71. The third-order valence-corrected chi connectivity index (χ3v) is 6.33. The summed E-state index contributed by atoms with van der Waals surface area (Å²) in [6, 6.07) is 14.3. The standard InChI is InChI=1S/C23H28Cl2N2O/c1-3-17-4-7-19(8-5-17)16(2)26-23(28)20-10-12-27(13-11-20)15-18-6-9-21(24)22(25)14-18/h4-9,14,16,20H,3,10-13,15H2,1-2H3,(H,26,28). The first-order valence-electron chi connectivity index (χ1n) is 10.0. The molecule has 0 radical (unpaired) electrons. The van der Waals surface area contributed by atoms with Gasteiger partial charge in [0.1, 0.15) is 0 Å². The molecule has 2 aromatic rings. The van der Waals surface area contributed by atoms with Crippen molar-refractivity contribution >= 4 is 29.1 Å². The monoisotopic (exact) mass is 418 g/mol. The van der Waals surface area contributed by atoms with Gasteiger partial charge in [0.2, 0.25) is 5.91 Å². The van der Waals surface area contributed by atoms with Crippen LogP contribution in [0.1, 0.15) is 49.4 Å². The molecule has 3 rings (SSSR count). The number of benzene rings is 2. The van der Waals surface area contributed by atoms with Crippen LogP contribution >= 0.6 is 23.2 Å². The minimum Gasteiger partial charge on any atom is -0.349 e. The molecule has 1 aliphatic rings. The van der Waals surface area contributed by atoms with E-state index in [2.05, 4.69) is 48.3 Å². The van der Waals surface area contributed by atoms with Crippen LogP contribution in [0, 0.1) is 5.92 Å². The Morgan fingerprint density at radius 2 is 1.71 bits per heavy atom. The van der Waals surface area contributed by atoms with Crippen LogP contribution in [0.15, 0.2) is 42.5 Å². The first-order chi connectivity index (χ1) is 13.5. The van der Waals surface area contributed by atoms with Gasteiger partial charge in [-0.2, -0.15) is 0 Å². The van der Waals surface area contributed by atoms with Crippen LogP contribution in [0.5, 0.6) is 0 Å². The molecule has 1 saturated heterocycles. The van der Waals surface area contributed by atoms with Crippen molar-refractivity contribution in [2.75, 3.05) is 13.1 Å². The van der Waals surface area contributed by atoms with Crippen molar-refractivity contribution in [2.45, 2.75) is 45.7 Å². The zero-order chi connectivity index (χ0) is 20.1. The molecule has 0 aliphatic carbocycles. The molecule has 1 fully saturated rings. The van der Waals surface area contributed by atoms with Gasteiger partial charge in [0.25, 0.3) is 0 Å². The predicted molar refractivity (Wildman–Crippen MR) is 117 cm³/mol. The van der Waals surface area contributed by atoms with Crippen molar-refractivity contribution in [2.24, 2.45) is 5.92 Å². The van der Waals surface area contributed by atoms with Gasteiger partial charge in [0.05, 0.1) is 16.1 Å². The van der Waals surface area contributed by atoms with Crippen molar-refractivity contribution in [1.29, 1.82) is 0 Å². The zero-order valence-electron chi connectivity index (χ0n) is 16.6. The summed E-state index contributed by atoms with van der Waals surface area (Å²) in [7, 11) is 0. The Balaban J connectivity index is 1.48. The van der Waals surface area contributed by atoms with Crippen molar-refractivity contribution in [1.82, 2.24) is 10.2 Å². The molecular weight excluding hydrogens is 391 g/mol. The molecule has 150 valence electrons. The fourth-order valence-electron chi connectivity index (χ4n) is 3.71. The summed E-state index contributed by atoms with van der Waals surface area (Å²) in [5.74, 6) is 0.253. The Labute approximate surface area is 178 Å².